The van der Waals surface area contributed by atoms with Crippen LogP contribution < -0.4 is 0 Å². The van der Waals surface area contributed by atoms with Gasteiger partial charge in [0.1, 0.15) is 0 Å². The third kappa shape index (κ3) is 3.46. The summed E-state index contributed by atoms with van der Waals surface area (Å²) in [4.78, 5) is 0. The molecule has 2 heteroatoms. The van der Waals surface area contributed by atoms with Crippen LogP contribution >= 0.6 is 0 Å². The van der Waals surface area contributed by atoms with Crippen LogP contribution in [-0.2, 0) is 9.47 Å². The van der Waals surface area contributed by atoms with Gasteiger partial charge in [0.05, 0.1) is 12.2 Å². The number of hydrogen-bond donors (Lipinski definition) is 0. The van der Waals surface area contributed by atoms with Crippen LogP contribution in [0.15, 0.2) is 0 Å². The molecule has 4 atom stereocenters. The summed E-state index contributed by atoms with van der Waals surface area (Å²) in [5, 5.41) is 0. The molecule has 2 nitrogen and oxygen atoms in total. The summed E-state index contributed by atoms with van der Waals surface area (Å²) < 4.78 is 11.7. The normalized spacial score (nSPS) is 42.8. The Morgan fingerprint density at radius 1 is 0.800 bits per heavy atom. The van der Waals surface area contributed by atoms with Crippen molar-refractivity contribution < 1.29 is 9.47 Å². The summed E-state index contributed by atoms with van der Waals surface area (Å²) in [5.41, 5.74) is 0. The summed E-state index contributed by atoms with van der Waals surface area (Å²) in [6.07, 6.45) is 7.19. The zero-order valence-electron chi connectivity index (χ0n) is 10.1. The molecular weight excluding hydrogens is 188 g/mol. The smallest absolute Gasteiger partial charge is 0.0600 e. The Morgan fingerprint density at radius 3 is 1.60 bits per heavy atom. The lowest BCUT2D eigenvalue weighted by Gasteiger charge is -2.32. The van der Waals surface area contributed by atoms with Crippen molar-refractivity contribution in [2.24, 2.45) is 11.8 Å². The molecule has 15 heavy (non-hydrogen) atoms. The molecule has 2 heterocycles. The molecule has 0 N–H and O–H groups in total. The SMILES string of the molecule is CC1CCC(CC2CCC(C)CO2)OC1. The van der Waals surface area contributed by atoms with Crippen LogP contribution in [0.2, 0.25) is 0 Å². The van der Waals surface area contributed by atoms with E-state index in [4.69, 9.17) is 9.47 Å². The van der Waals surface area contributed by atoms with Gasteiger partial charge in [-0.2, -0.15) is 0 Å². The van der Waals surface area contributed by atoms with E-state index in [-0.39, 0.29) is 0 Å². The van der Waals surface area contributed by atoms with Gasteiger partial charge < -0.3 is 9.47 Å². The minimum absolute atomic E-state index is 0.472. The fourth-order valence-corrected chi connectivity index (χ4v) is 2.54. The van der Waals surface area contributed by atoms with Gasteiger partial charge in [-0.25, -0.2) is 0 Å². The second kappa shape index (κ2) is 5.31. The number of ether oxygens (including phenoxy) is 2. The Balaban J connectivity index is 1.68. The first-order valence-corrected chi connectivity index (χ1v) is 6.47. The Kier molecular flexibility index (Phi) is 4.04. The fraction of sp³-hybridized carbons (Fsp3) is 1.00. The maximum absolute atomic E-state index is 5.84. The monoisotopic (exact) mass is 212 g/mol. The molecule has 2 rings (SSSR count). The van der Waals surface area contributed by atoms with Crippen LogP contribution in [0.1, 0.15) is 46.0 Å². The van der Waals surface area contributed by atoms with Gasteiger partial charge in [0, 0.05) is 13.2 Å². The first-order valence-electron chi connectivity index (χ1n) is 6.47. The maximum Gasteiger partial charge on any atom is 0.0600 e. The minimum Gasteiger partial charge on any atom is -0.378 e. The van der Waals surface area contributed by atoms with Gasteiger partial charge in [-0.05, 0) is 43.9 Å². The van der Waals surface area contributed by atoms with E-state index in [0.717, 1.165) is 31.5 Å². The molecule has 0 bridgehead atoms. The molecule has 2 fully saturated rings. The summed E-state index contributed by atoms with van der Waals surface area (Å²) in [5.74, 6) is 1.52. The van der Waals surface area contributed by atoms with Gasteiger partial charge in [0.25, 0.3) is 0 Å². The summed E-state index contributed by atoms with van der Waals surface area (Å²) >= 11 is 0. The van der Waals surface area contributed by atoms with Crippen molar-refractivity contribution in [3.05, 3.63) is 0 Å². The van der Waals surface area contributed by atoms with Crippen LogP contribution in [0.3, 0.4) is 0 Å². The molecule has 2 aliphatic rings. The van der Waals surface area contributed by atoms with Gasteiger partial charge in [-0.15, -0.1) is 0 Å². The summed E-state index contributed by atoms with van der Waals surface area (Å²) in [6.45, 7) is 6.45. The molecule has 0 spiro atoms. The van der Waals surface area contributed by atoms with E-state index >= 15 is 0 Å². The van der Waals surface area contributed by atoms with E-state index < -0.39 is 0 Å². The summed E-state index contributed by atoms with van der Waals surface area (Å²) in [7, 11) is 0. The first-order chi connectivity index (χ1) is 7.24. The maximum atomic E-state index is 5.84. The molecule has 2 saturated heterocycles. The average molecular weight is 212 g/mol. The van der Waals surface area contributed by atoms with Crippen LogP contribution in [-0.4, -0.2) is 25.4 Å². The molecule has 88 valence electrons. The van der Waals surface area contributed by atoms with Crippen molar-refractivity contribution in [1.29, 1.82) is 0 Å². The molecule has 0 aromatic rings. The standard InChI is InChI=1S/C13H24O2/c1-10-3-5-12(14-8-10)7-13-6-4-11(2)9-15-13/h10-13H,3-9H2,1-2H3. The molecular formula is C13H24O2. The highest BCUT2D eigenvalue weighted by atomic mass is 16.5. The summed E-state index contributed by atoms with van der Waals surface area (Å²) in [6, 6.07) is 0. The third-order valence-electron chi connectivity index (χ3n) is 3.72. The van der Waals surface area contributed by atoms with Crippen molar-refractivity contribution in [2.75, 3.05) is 13.2 Å². The van der Waals surface area contributed by atoms with Crippen LogP contribution in [0.25, 0.3) is 0 Å². The highest BCUT2D eigenvalue weighted by Crippen LogP contribution is 2.26. The van der Waals surface area contributed by atoms with Gasteiger partial charge in [-0.3, -0.25) is 0 Å². The number of rotatable bonds is 2. The fourth-order valence-electron chi connectivity index (χ4n) is 2.54. The van der Waals surface area contributed by atoms with Gasteiger partial charge in [0.15, 0.2) is 0 Å². The topological polar surface area (TPSA) is 18.5 Å². The molecule has 0 saturated carbocycles. The largest absolute Gasteiger partial charge is 0.378 e. The van der Waals surface area contributed by atoms with Crippen molar-refractivity contribution in [3.63, 3.8) is 0 Å². The Hall–Kier alpha value is -0.0800. The average Bonchev–Trinajstić information content (AvgIpc) is 2.25. The first kappa shape index (κ1) is 11.4. The molecule has 0 aromatic heterocycles. The van der Waals surface area contributed by atoms with E-state index in [1.54, 1.807) is 0 Å². The van der Waals surface area contributed by atoms with Crippen LogP contribution in [0.5, 0.6) is 0 Å². The molecule has 2 aliphatic heterocycles. The van der Waals surface area contributed by atoms with Crippen molar-refractivity contribution in [3.8, 4) is 0 Å². The van der Waals surface area contributed by atoms with Crippen molar-refractivity contribution >= 4 is 0 Å². The molecule has 0 radical (unpaired) electrons. The van der Waals surface area contributed by atoms with Crippen LogP contribution in [0.4, 0.5) is 0 Å². The number of hydrogen-bond acceptors (Lipinski definition) is 2. The second-order valence-electron chi connectivity index (χ2n) is 5.51. The zero-order chi connectivity index (χ0) is 10.7. The van der Waals surface area contributed by atoms with E-state index in [2.05, 4.69) is 13.8 Å². The predicted molar refractivity (Wildman–Crippen MR) is 60.9 cm³/mol. The quantitative estimate of drug-likeness (QED) is 0.700. The Labute approximate surface area is 93.3 Å². The minimum atomic E-state index is 0.472. The Bertz CT molecular complexity index is 157. The molecule has 0 aliphatic carbocycles. The van der Waals surface area contributed by atoms with Gasteiger partial charge in [-0.1, -0.05) is 13.8 Å². The molecule has 4 unspecified atom stereocenters. The van der Waals surface area contributed by atoms with Gasteiger partial charge in [0.2, 0.25) is 0 Å². The molecule has 0 amide bonds. The lowest BCUT2D eigenvalue weighted by Crippen LogP contribution is -2.32. The van der Waals surface area contributed by atoms with E-state index in [1.165, 1.54) is 25.7 Å². The van der Waals surface area contributed by atoms with E-state index in [1.807, 2.05) is 0 Å². The lowest BCUT2D eigenvalue weighted by molar-refractivity contribution is -0.0727. The van der Waals surface area contributed by atoms with Crippen LogP contribution in [0, 0.1) is 11.8 Å². The second-order valence-corrected chi connectivity index (χ2v) is 5.51. The van der Waals surface area contributed by atoms with E-state index in [9.17, 15) is 0 Å². The van der Waals surface area contributed by atoms with Crippen molar-refractivity contribution in [2.45, 2.75) is 58.2 Å². The zero-order valence-corrected chi connectivity index (χ0v) is 10.1. The molecule has 0 aromatic carbocycles. The lowest BCUT2D eigenvalue weighted by atomic mass is 9.93. The van der Waals surface area contributed by atoms with E-state index in [0.29, 0.717) is 12.2 Å². The Morgan fingerprint density at radius 2 is 1.27 bits per heavy atom. The highest BCUT2D eigenvalue weighted by molar-refractivity contribution is 4.75. The van der Waals surface area contributed by atoms with Gasteiger partial charge >= 0.3 is 0 Å². The van der Waals surface area contributed by atoms with Crippen molar-refractivity contribution in [1.82, 2.24) is 0 Å². The predicted octanol–water partition coefficient (Wildman–Crippen LogP) is 3.01. The highest BCUT2D eigenvalue weighted by Gasteiger charge is 2.25. The third-order valence-corrected chi connectivity index (χ3v) is 3.72.